The van der Waals surface area contributed by atoms with Crippen LogP contribution < -0.4 is 9.64 Å². The van der Waals surface area contributed by atoms with Crippen LogP contribution in [0.25, 0.3) is 21.5 Å². The summed E-state index contributed by atoms with van der Waals surface area (Å²) in [6.45, 7) is 0.303. The maximum Gasteiger partial charge on any atom is 0.282 e. The fraction of sp³-hybridized carbons (Fsp3) is 0.0833. The highest BCUT2D eigenvalue weighted by molar-refractivity contribution is 7.22. The van der Waals surface area contributed by atoms with Crippen molar-refractivity contribution in [2.24, 2.45) is 0 Å². The molecule has 3 heterocycles. The predicted octanol–water partition coefficient (Wildman–Crippen LogP) is 5.20. The minimum absolute atomic E-state index is 0.213. The summed E-state index contributed by atoms with van der Waals surface area (Å²) < 4.78 is 11.7. The average molecular weight is 443 g/mol. The highest BCUT2D eigenvalue weighted by Crippen LogP contribution is 2.33. The Morgan fingerprint density at radius 2 is 1.97 bits per heavy atom. The zero-order chi connectivity index (χ0) is 21.9. The number of thiazole rings is 1. The van der Waals surface area contributed by atoms with Crippen LogP contribution in [-0.2, 0) is 6.54 Å². The summed E-state index contributed by atoms with van der Waals surface area (Å²) >= 11 is 1.42. The highest BCUT2D eigenvalue weighted by Gasteiger charge is 2.25. The van der Waals surface area contributed by atoms with E-state index >= 15 is 0 Å². The van der Waals surface area contributed by atoms with Crippen molar-refractivity contribution in [3.63, 3.8) is 0 Å². The first kappa shape index (κ1) is 19.9. The van der Waals surface area contributed by atoms with Gasteiger partial charge in [-0.25, -0.2) is 4.98 Å². The van der Waals surface area contributed by atoms with Crippen molar-refractivity contribution < 1.29 is 14.1 Å². The lowest BCUT2D eigenvalue weighted by Crippen LogP contribution is -2.30. The number of hydrogen-bond acceptors (Lipinski definition) is 7. The van der Waals surface area contributed by atoms with E-state index in [-0.39, 0.29) is 11.6 Å². The molecule has 0 saturated carbocycles. The molecule has 0 fully saturated rings. The first-order chi connectivity index (χ1) is 15.7. The van der Waals surface area contributed by atoms with Crippen LogP contribution in [-0.4, -0.2) is 28.1 Å². The molecular formula is C24H18N4O3S. The quantitative estimate of drug-likeness (QED) is 0.359. The van der Waals surface area contributed by atoms with E-state index in [0.717, 1.165) is 27.1 Å². The standard InChI is InChI=1S/C24H18N4O3S/c1-30-18-9-10-19-22(12-18)32-24(26-19)28(15-16-6-5-11-25-14-16)23(29)20-13-21(31-27-20)17-7-3-2-4-8-17/h2-14H,15H2,1H3. The van der Waals surface area contributed by atoms with Crippen LogP contribution >= 0.6 is 11.3 Å². The third-order valence-electron chi connectivity index (χ3n) is 4.91. The Bertz CT molecular complexity index is 1370. The van der Waals surface area contributed by atoms with Gasteiger partial charge in [-0.2, -0.15) is 0 Å². The van der Waals surface area contributed by atoms with Gasteiger partial charge in [-0.1, -0.05) is 52.9 Å². The van der Waals surface area contributed by atoms with Crippen molar-refractivity contribution in [1.82, 2.24) is 15.1 Å². The average Bonchev–Trinajstić information content (AvgIpc) is 3.50. The molecule has 0 aliphatic carbocycles. The number of carbonyl (C=O) groups is 1. The zero-order valence-electron chi connectivity index (χ0n) is 17.1. The van der Waals surface area contributed by atoms with Gasteiger partial charge in [0.25, 0.3) is 5.91 Å². The van der Waals surface area contributed by atoms with Crippen molar-refractivity contribution in [3.05, 3.63) is 90.4 Å². The van der Waals surface area contributed by atoms with E-state index in [1.165, 1.54) is 11.3 Å². The molecule has 5 rings (SSSR count). The van der Waals surface area contributed by atoms with Gasteiger partial charge in [0.15, 0.2) is 16.6 Å². The van der Waals surface area contributed by atoms with Crippen LogP contribution in [0.1, 0.15) is 16.1 Å². The van der Waals surface area contributed by atoms with Gasteiger partial charge in [0, 0.05) is 24.0 Å². The second-order valence-corrected chi connectivity index (χ2v) is 8.03. The van der Waals surface area contributed by atoms with Crippen molar-refractivity contribution in [2.75, 3.05) is 12.0 Å². The SMILES string of the molecule is COc1ccc2nc(N(Cc3cccnc3)C(=O)c3cc(-c4ccccc4)on3)sc2c1. The van der Waals surface area contributed by atoms with Gasteiger partial charge in [0.1, 0.15) is 5.75 Å². The lowest BCUT2D eigenvalue weighted by Gasteiger charge is -2.18. The van der Waals surface area contributed by atoms with Crippen molar-refractivity contribution in [3.8, 4) is 17.1 Å². The number of pyridine rings is 1. The number of ether oxygens (including phenoxy) is 1. The Balaban J connectivity index is 1.53. The normalized spacial score (nSPS) is 10.9. The Kier molecular flexibility index (Phi) is 5.35. The van der Waals surface area contributed by atoms with Crippen molar-refractivity contribution in [1.29, 1.82) is 0 Å². The van der Waals surface area contributed by atoms with E-state index in [0.29, 0.717) is 17.4 Å². The van der Waals surface area contributed by atoms with Crippen LogP contribution in [0, 0.1) is 0 Å². The van der Waals surface area contributed by atoms with E-state index in [1.54, 1.807) is 30.5 Å². The molecule has 0 aliphatic heterocycles. The molecule has 8 heteroatoms. The van der Waals surface area contributed by atoms with Crippen LogP contribution in [0.5, 0.6) is 5.75 Å². The highest BCUT2D eigenvalue weighted by atomic mass is 32.1. The fourth-order valence-corrected chi connectivity index (χ4v) is 4.28. The number of carbonyl (C=O) groups excluding carboxylic acids is 1. The maximum absolute atomic E-state index is 13.5. The van der Waals surface area contributed by atoms with Crippen LogP contribution in [0.2, 0.25) is 0 Å². The predicted molar refractivity (Wildman–Crippen MR) is 123 cm³/mol. The summed E-state index contributed by atoms with van der Waals surface area (Å²) in [5, 5.41) is 4.60. The molecule has 7 nitrogen and oxygen atoms in total. The number of amides is 1. The molecule has 32 heavy (non-hydrogen) atoms. The fourth-order valence-electron chi connectivity index (χ4n) is 3.29. The topological polar surface area (TPSA) is 81.4 Å². The van der Waals surface area contributed by atoms with Crippen molar-refractivity contribution in [2.45, 2.75) is 6.54 Å². The molecule has 0 N–H and O–H groups in total. The molecule has 0 aliphatic rings. The van der Waals surface area contributed by atoms with Crippen LogP contribution in [0.4, 0.5) is 5.13 Å². The third kappa shape index (κ3) is 3.95. The van der Waals surface area contributed by atoms with Gasteiger partial charge in [-0.3, -0.25) is 14.7 Å². The lowest BCUT2D eigenvalue weighted by atomic mass is 10.1. The van der Waals surface area contributed by atoms with Gasteiger partial charge in [-0.05, 0) is 29.8 Å². The monoisotopic (exact) mass is 442 g/mol. The number of methoxy groups -OCH3 is 1. The minimum atomic E-state index is -0.300. The molecule has 158 valence electrons. The number of aromatic nitrogens is 3. The lowest BCUT2D eigenvalue weighted by molar-refractivity contribution is 0.0976. The van der Waals surface area contributed by atoms with E-state index in [4.69, 9.17) is 9.26 Å². The second kappa shape index (κ2) is 8.60. The summed E-state index contributed by atoms with van der Waals surface area (Å²) in [6, 6.07) is 20.6. The molecule has 0 bridgehead atoms. The number of nitrogens with zero attached hydrogens (tertiary/aromatic N) is 4. The van der Waals surface area contributed by atoms with Gasteiger partial charge in [0.2, 0.25) is 0 Å². The number of anilines is 1. The van der Waals surface area contributed by atoms with E-state index in [2.05, 4.69) is 15.1 Å². The Hall–Kier alpha value is -4.04. The van der Waals surface area contributed by atoms with Gasteiger partial charge in [0.05, 0.1) is 23.9 Å². The summed E-state index contributed by atoms with van der Waals surface area (Å²) in [5.74, 6) is 0.969. The second-order valence-electron chi connectivity index (χ2n) is 7.03. The molecule has 0 saturated heterocycles. The Morgan fingerprint density at radius 3 is 2.75 bits per heavy atom. The Labute approximate surface area is 187 Å². The van der Waals surface area contributed by atoms with E-state index < -0.39 is 0 Å². The summed E-state index contributed by atoms with van der Waals surface area (Å²) in [6.07, 6.45) is 3.43. The molecule has 1 amide bonds. The summed E-state index contributed by atoms with van der Waals surface area (Å²) in [4.78, 5) is 24.0. The zero-order valence-corrected chi connectivity index (χ0v) is 18.0. The third-order valence-corrected chi connectivity index (χ3v) is 5.95. The Morgan fingerprint density at radius 1 is 1.09 bits per heavy atom. The molecule has 0 spiro atoms. The molecule has 0 atom stereocenters. The molecule has 0 unspecified atom stereocenters. The summed E-state index contributed by atoms with van der Waals surface area (Å²) in [7, 11) is 1.62. The minimum Gasteiger partial charge on any atom is -0.497 e. The van der Waals surface area contributed by atoms with Gasteiger partial charge < -0.3 is 9.26 Å². The smallest absolute Gasteiger partial charge is 0.282 e. The maximum atomic E-state index is 13.5. The molecular weight excluding hydrogens is 424 g/mol. The summed E-state index contributed by atoms with van der Waals surface area (Å²) in [5.41, 5.74) is 2.74. The van der Waals surface area contributed by atoms with Gasteiger partial charge in [-0.15, -0.1) is 0 Å². The van der Waals surface area contributed by atoms with Crippen LogP contribution in [0.3, 0.4) is 0 Å². The number of rotatable bonds is 6. The molecule has 0 radical (unpaired) electrons. The molecule has 5 aromatic rings. The van der Waals surface area contributed by atoms with Crippen LogP contribution in [0.15, 0.2) is 83.6 Å². The number of hydrogen-bond donors (Lipinski definition) is 0. The van der Waals surface area contributed by atoms with E-state index in [9.17, 15) is 4.79 Å². The number of fused-ring (bicyclic) bond motifs is 1. The van der Waals surface area contributed by atoms with E-state index in [1.807, 2.05) is 60.7 Å². The largest absolute Gasteiger partial charge is 0.497 e. The first-order valence-electron chi connectivity index (χ1n) is 9.89. The number of benzene rings is 2. The van der Waals surface area contributed by atoms with Crippen molar-refractivity contribution >= 4 is 32.6 Å². The van der Waals surface area contributed by atoms with Gasteiger partial charge >= 0.3 is 0 Å². The molecule has 2 aromatic carbocycles. The molecule has 3 aromatic heterocycles. The first-order valence-corrected chi connectivity index (χ1v) is 10.7.